The lowest BCUT2D eigenvalue weighted by Crippen LogP contribution is -2.26. The fourth-order valence-electron chi connectivity index (χ4n) is 2.00. The van der Waals surface area contributed by atoms with Gasteiger partial charge in [0.2, 0.25) is 5.91 Å². The summed E-state index contributed by atoms with van der Waals surface area (Å²) >= 11 is 0. The predicted molar refractivity (Wildman–Crippen MR) is 63.6 cm³/mol. The van der Waals surface area contributed by atoms with Crippen LogP contribution in [0.1, 0.15) is 12.0 Å². The molecule has 1 unspecified atom stereocenters. The summed E-state index contributed by atoms with van der Waals surface area (Å²) in [5.41, 5.74) is 1.24. The lowest BCUT2D eigenvalue weighted by atomic mass is 10.1. The van der Waals surface area contributed by atoms with Crippen LogP contribution in [0.2, 0.25) is 0 Å². The van der Waals surface area contributed by atoms with E-state index in [4.69, 9.17) is 5.26 Å². The van der Waals surface area contributed by atoms with Gasteiger partial charge in [0.05, 0.1) is 24.7 Å². The molecule has 1 atom stereocenters. The van der Waals surface area contributed by atoms with Crippen molar-refractivity contribution in [3.63, 3.8) is 0 Å². The zero-order valence-corrected chi connectivity index (χ0v) is 9.92. The molecular weight excluding hydrogens is 232 g/mol. The summed E-state index contributed by atoms with van der Waals surface area (Å²) in [5, 5.41) is 8.70. The van der Waals surface area contributed by atoms with E-state index in [1.807, 2.05) is 6.07 Å². The number of anilines is 1. The van der Waals surface area contributed by atoms with Crippen molar-refractivity contribution in [3.05, 3.63) is 29.8 Å². The van der Waals surface area contributed by atoms with Gasteiger partial charge in [-0.15, -0.1) is 0 Å². The summed E-state index contributed by atoms with van der Waals surface area (Å²) < 4.78 is 4.64. The van der Waals surface area contributed by atoms with E-state index >= 15 is 0 Å². The topological polar surface area (TPSA) is 70.4 Å². The third-order valence-electron chi connectivity index (χ3n) is 2.97. The molecule has 0 N–H and O–H groups in total. The summed E-state index contributed by atoms with van der Waals surface area (Å²) in [4.78, 5) is 24.8. The van der Waals surface area contributed by atoms with Crippen LogP contribution in [0.3, 0.4) is 0 Å². The van der Waals surface area contributed by atoms with E-state index in [0.717, 1.165) is 0 Å². The number of ether oxygens (including phenoxy) is 1. The molecule has 0 spiro atoms. The zero-order chi connectivity index (χ0) is 13.1. The van der Waals surface area contributed by atoms with E-state index < -0.39 is 5.92 Å². The Kier molecular flexibility index (Phi) is 3.28. The summed E-state index contributed by atoms with van der Waals surface area (Å²) in [6.45, 7) is 0.331. The zero-order valence-electron chi connectivity index (χ0n) is 9.92. The van der Waals surface area contributed by atoms with Gasteiger partial charge in [-0.25, -0.2) is 0 Å². The van der Waals surface area contributed by atoms with Crippen molar-refractivity contribution >= 4 is 17.6 Å². The van der Waals surface area contributed by atoms with Gasteiger partial charge < -0.3 is 9.64 Å². The van der Waals surface area contributed by atoms with Crippen LogP contribution >= 0.6 is 0 Å². The molecule has 1 saturated heterocycles. The molecule has 18 heavy (non-hydrogen) atoms. The SMILES string of the molecule is COC(=O)C1CC(=O)N(c2ccc(C#N)cc2)C1. The highest BCUT2D eigenvalue weighted by molar-refractivity contribution is 5.99. The van der Waals surface area contributed by atoms with E-state index in [0.29, 0.717) is 17.8 Å². The smallest absolute Gasteiger partial charge is 0.311 e. The highest BCUT2D eigenvalue weighted by Crippen LogP contribution is 2.25. The number of esters is 1. The lowest BCUT2D eigenvalue weighted by Gasteiger charge is -2.16. The molecule has 1 aromatic rings. The van der Waals surface area contributed by atoms with Gasteiger partial charge in [0.15, 0.2) is 0 Å². The van der Waals surface area contributed by atoms with Crippen LogP contribution in [0.25, 0.3) is 0 Å². The summed E-state index contributed by atoms with van der Waals surface area (Å²) in [6, 6.07) is 8.72. The summed E-state index contributed by atoms with van der Waals surface area (Å²) in [6.07, 6.45) is 0.173. The molecular formula is C13H12N2O3. The number of methoxy groups -OCH3 is 1. The molecule has 2 rings (SSSR count). The number of amides is 1. The first-order valence-corrected chi connectivity index (χ1v) is 5.54. The Bertz CT molecular complexity index is 516. The van der Waals surface area contributed by atoms with E-state index in [9.17, 15) is 9.59 Å². The maximum absolute atomic E-state index is 11.8. The molecule has 5 heteroatoms. The number of rotatable bonds is 2. The van der Waals surface area contributed by atoms with Crippen molar-refractivity contribution in [2.75, 3.05) is 18.6 Å². The van der Waals surface area contributed by atoms with Crippen LogP contribution in [-0.2, 0) is 14.3 Å². The maximum Gasteiger partial charge on any atom is 0.311 e. The molecule has 0 aliphatic carbocycles. The van der Waals surface area contributed by atoms with Crippen molar-refractivity contribution in [2.45, 2.75) is 6.42 Å². The largest absolute Gasteiger partial charge is 0.469 e. The highest BCUT2D eigenvalue weighted by atomic mass is 16.5. The fraction of sp³-hybridized carbons (Fsp3) is 0.308. The Morgan fingerprint density at radius 1 is 1.44 bits per heavy atom. The average molecular weight is 244 g/mol. The molecule has 0 aromatic heterocycles. The Balaban J connectivity index is 2.16. The first kappa shape index (κ1) is 12.1. The number of hydrogen-bond donors (Lipinski definition) is 0. The van der Waals surface area contributed by atoms with Crippen molar-refractivity contribution in [1.29, 1.82) is 5.26 Å². The number of hydrogen-bond acceptors (Lipinski definition) is 4. The number of carbonyl (C=O) groups excluding carboxylic acids is 2. The second-order valence-corrected chi connectivity index (χ2v) is 4.09. The number of benzene rings is 1. The third kappa shape index (κ3) is 2.18. The molecule has 1 amide bonds. The van der Waals surface area contributed by atoms with Crippen LogP contribution in [-0.4, -0.2) is 25.5 Å². The van der Waals surface area contributed by atoms with E-state index in [-0.39, 0.29) is 18.3 Å². The second-order valence-electron chi connectivity index (χ2n) is 4.09. The van der Waals surface area contributed by atoms with Crippen LogP contribution in [0, 0.1) is 17.2 Å². The lowest BCUT2D eigenvalue weighted by molar-refractivity contribution is -0.145. The summed E-state index contributed by atoms with van der Waals surface area (Å²) in [5.74, 6) is -0.868. The molecule has 1 heterocycles. The first-order valence-electron chi connectivity index (χ1n) is 5.54. The van der Waals surface area contributed by atoms with Gasteiger partial charge >= 0.3 is 5.97 Å². The third-order valence-corrected chi connectivity index (χ3v) is 2.97. The molecule has 0 radical (unpaired) electrons. The van der Waals surface area contributed by atoms with Gasteiger partial charge in [-0.3, -0.25) is 9.59 Å². The van der Waals surface area contributed by atoms with Crippen LogP contribution in [0.4, 0.5) is 5.69 Å². The van der Waals surface area contributed by atoms with E-state index in [1.165, 1.54) is 7.11 Å². The first-order chi connectivity index (χ1) is 8.65. The van der Waals surface area contributed by atoms with Crippen molar-refractivity contribution in [3.8, 4) is 6.07 Å². The van der Waals surface area contributed by atoms with E-state index in [1.54, 1.807) is 29.2 Å². The molecule has 1 aliphatic rings. The fourth-order valence-corrected chi connectivity index (χ4v) is 2.00. The molecule has 0 bridgehead atoms. The minimum atomic E-state index is -0.404. The van der Waals surface area contributed by atoms with Gasteiger partial charge in [-0.2, -0.15) is 5.26 Å². The number of nitrogens with zero attached hydrogens (tertiary/aromatic N) is 2. The highest BCUT2D eigenvalue weighted by Gasteiger charge is 2.35. The molecule has 1 aromatic carbocycles. The van der Waals surface area contributed by atoms with Gasteiger partial charge in [-0.05, 0) is 24.3 Å². The van der Waals surface area contributed by atoms with Gasteiger partial charge in [-0.1, -0.05) is 0 Å². The molecule has 1 aliphatic heterocycles. The van der Waals surface area contributed by atoms with E-state index in [2.05, 4.69) is 4.74 Å². The molecule has 5 nitrogen and oxygen atoms in total. The second kappa shape index (κ2) is 4.88. The molecule has 92 valence electrons. The number of carbonyl (C=O) groups is 2. The van der Waals surface area contributed by atoms with Crippen LogP contribution < -0.4 is 4.90 Å². The molecule has 1 fully saturated rings. The Morgan fingerprint density at radius 2 is 2.11 bits per heavy atom. The monoisotopic (exact) mass is 244 g/mol. The van der Waals surface area contributed by atoms with Gasteiger partial charge in [0.25, 0.3) is 0 Å². The van der Waals surface area contributed by atoms with Crippen molar-refractivity contribution in [2.24, 2.45) is 5.92 Å². The normalized spacial score (nSPS) is 18.6. The van der Waals surface area contributed by atoms with Crippen molar-refractivity contribution < 1.29 is 14.3 Å². The standard InChI is InChI=1S/C13H12N2O3/c1-18-13(17)10-6-12(16)15(8-10)11-4-2-9(7-14)3-5-11/h2-5,10H,6,8H2,1H3. The average Bonchev–Trinajstić information content (AvgIpc) is 2.80. The van der Waals surface area contributed by atoms with Crippen molar-refractivity contribution in [1.82, 2.24) is 0 Å². The van der Waals surface area contributed by atoms with Gasteiger partial charge in [0, 0.05) is 18.7 Å². The molecule has 0 saturated carbocycles. The predicted octanol–water partition coefficient (Wildman–Crippen LogP) is 1.08. The Labute approximate surface area is 105 Å². The summed E-state index contributed by atoms with van der Waals surface area (Å²) in [7, 11) is 1.32. The minimum Gasteiger partial charge on any atom is -0.469 e. The Hall–Kier alpha value is -2.35. The van der Waals surface area contributed by atoms with Gasteiger partial charge in [0.1, 0.15) is 0 Å². The maximum atomic E-state index is 11.8. The minimum absolute atomic E-state index is 0.102. The quantitative estimate of drug-likeness (QED) is 0.730. The number of nitriles is 1. The Morgan fingerprint density at radius 3 is 2.67 bits per heavy atom. The van der Waals surface area contributed by atoms with Crippen LogP contribution in [0.5, 0.6) is 0 Å². The van der Waals surface area contributed by atoms with Crippen LogP contribution in [0.15, 0.2) is 24.3 Å².